The van der Waals surface area contributed by atoms with Gasteiger partial charge in [0.2, 0.25) is 0 Å². The highest BCUT2D eigenvalue weighted by atomic mass is 32.2. The van der Waals surface area contributed by atoms with E-state index in [1.165, 1.54) is 11.8 Å². The first-order chi connectivity index (χ1) is 6.15. The molecule has 0 spiro atoms. The van der Waals surface area contributed by atoms with Crippen LogP contribution in [0.25, 0.3) is 0 Å². The van der Waals surface area contributed by atoms with E-state index in [0.717, 1.165) is 0 Å². The highest BCUT2D eigenvalue weighted by molar-refractivity contribution is 8.01. The minimum Gasteiger partial charge on any atom is -0.480 e. The van der Waals surface area contributed by atoms with Crippen LogP contribution in [-0.4, -0.2) is 34.2 Å². The number of aliphatic carboxylic acids is 1. The minimum absolute atomic E-state index is 0.273. The quantitative estimate of drug-likeness (QED) is 0.689. The molecule has 0 saturated carbocycles. The topological polar surface area (TPSA) is 63.6 Å². The van der Waals surface area contributed by atoms with Gasteiger partial charge in [-0.05, 0) is 6.42 Å². The van der Waals surface area contributed by atoms with Gasteiger partial charge in [-0.3, -0.25) is 9.59 Å². The van der Waals surface area contributed by atoms with Gasteiger partial charge in [0.25, 0.3) is 0 Å². The van der Waals surface area contributed by atoms with E-state index in [0.29, 0.717) is 19.4 Å². The Balaban J connectivity index is 2.45. The number of cyclic esters (lactones) is 1. The van der Waals surface area contributed by atoms with Gasteiger partial charge in [-0.1, -0.05) is 6.92 Å². The Kier molecular flexibility index (Phi) is 3.59. The van der Waals surface area contributed by atoms with Gasteiger partial charge in [-0.2, -0.15) is 0 Å². The van der Waals surface area contributed by atoms with E-state index < -0.39 is 11.2 Å². The van der Waals surface area contributed by atoms with Crippen LogP contribution in [0.3, 0.4) is 0 Å². The summed E-state index contributed by atoms with van der Waals surface area (Å²) in [6.07, 6.45) is 1.16. The fraction of sp³-hybridized carbons (Fsp3) is 0.750. The molecule has 1 rings (SSSR count). The molecule has 1 N–H and O–H groups in total. The number of carboxylic acids is 1. The van der Waals surface area contributed by atoms with Crippen molar-refractivity contribution >= 4 is 23.7 Å². The van der Waals surface area contributed by atoms with Crippen molar-refractivity contribution < 1.29 is 19.4 Å². The number of thioether (sulfide) groups is 1. The highest BCUT2D eigenvalue weighted by Gasteiger charge is 2.31. The molecule has 0 aromatic heterocycles. The second-order valence-corrected chi connectivity index (χ2v) is 4.23. The monoisotopic (exact) mass is 204 g/mol. The minimum atomic E-state index is -0.854. The summed E-state index contributed by atoms with van der Waals surface area (Å²) < 4.78 is 4.74. The Hall–Kier alpha value is -0.710. The molecule has 2 unspecified atom stereocenters. The molecule has 1 saturated heterocycles. The van der Waals surface area contributed by atoms with Crippen molar-refractivity contribution in [3.8, 4) is 0 Å². The zero-order valence-electron chi connectivity index (χ0n) is 7.36. The summed E-state index contributed by atoms with van der Waals surface area (Å²) in [7, 11) is 0. The van der Waals surface area contributed by atoms with Gasteiger partial charge in [0.15, 0.2) is 0 Å². The normalized spacial score (nSPS) is 24.1. The Morgan fingerprint density at radius 1 is 1.85 bits per heavy atom. The van der Waals surface area contributed by atoms with E-state index in [-0.39, 0.29) is 11.2 Å². The summed E-state index contributed by atoms with van der Waals surface area (Å²) in [5.74, 6) is -1.13. The number of carbonyl (C=O) groups is 2. The lowest BCUT2D eigenvalue weighted by Gasteiger charge is -2.11. The first-order valence-electron chi connectivity index (χ1n) is 4.20. The van der Waals surface area contributed by atoms with Gasteiger partial charge < -0.3 is 9.84 Å². The van der Waals surface area contributed by atoms with Gasteiger partial charge in [0.1, 0.15) is 10.5 Å². The lowest BCUT2D eigenvalue weighted by atomic mass is 10.3. The van der Waals surface area contributed by atoms with Crippen molar-refractivity contribution in [3.05, 3.63) is 0 Å². The first kappa shape index (κ1) is 10.4. The molecule has 2 atom stereocenters. The third kappa shape index (κ3) is 2.62. The number of hydrogen-bond donors (Lipinski definition) is 1. The van der Waals surface area contributed by atoms with E-state index in [2.05, 4.69) is 0 Å². The standard InChI is InChI=1S/C8H12O4S/c1-2-5(7(9)10)13-6-3-4-12-8(6)11/h5-6H,2-4H2,1H3,(H,9,10). The number of esters is 1. The van der Waals surface area contributed by atoms with Crippen molar-refractivity contribution in [1.29, 1.82) is 0 Å². The Morgan fingerprint density at radius 3 is 2.92 bits per heavy atom. The maximum Gasteiger partial charge on any atom is 0.319 e. The third-order valence-electron chi connectivity index (χ3n) is 1.86. The molecule has 0 bridgehead atoms. The Bertz CT molecular complexity index is 216. The number of rotatable bonds is 4. The van der Waals surface area contributed by atoms with Crippen LogP contribution in [0, 0.1) is 0 Å². The van der Waals surface area contributed by atoms with Gasteiger partial charge in [0, 0.05) is 6.42 Å². The Labute approximate surface area is 80.6 Å². The fourth-order valence-electron chi connectivity index (χ4n) is 1.13. The lowest BCUT2D eigenvalue weighted by molar-refractivity contribution is -0.137. The van der Waals surface area contributed by atoms with E-state index in [9.17, 15) is 9.59 Å². The van der Waals surface area contributed by atoms with E-state index in [4.69, 9.17) is 9.84 Å². The smallest absolute Gasteiger partial charge is 0.319 e. The second-order valence-electron chi connectivity index (χ2n) is 2.82. The van der Waals surface area contributed by atoms with Crippen molar-refractivity contribution in [2.24, 2.45) is 0 Å². The molecular formula is C8H12O4S. The van der Waals surface area contributed by atoms with Crippen LogP contribution in [0.1, 0.15) is 19.8 Å². The SMILES string of the molecule is CCC(SC1CCOC1=O)C(=O)O. The average molecular weight is 204 g/mol. The summed E-state index contributed by atoms with van der Waals surface area (Å²) in [5.41, 5.74) is 0. The molecule has 0 radical (unpaired) electrons. The van der Waals surface area contributed by atoms with Crippen molar-refractivity contribution in [2.45, 2.75) is 30.3 Å². The predicted octanol–water partition coefficient (Wildman–Crippen LogP) is 0.898. The molecule has 74 valence electrons. The maximum absolute atomic E-state index is 11.0. The molecule has 0 aromatic rings. The van der Waals surface area contributed by atoms with Gasteiger partial charge in [0.05, 0.1) is 6.61 Å². The van der Waals surface area contributed by atoms with Crippen LogP contribution < -0.4 is 0 Å². The van der Waals surface area contributed by atoms with E-state index in [1.54, 1.807) is 6.92 Å². The fourth-order valence-corrected chi connectivity index (χ4v) is 2.25. The van der Waals surface area contributed by atoms with Crippen LogP contribution in [0.15, 0.2) is 0 Å². The summed E-state index contributed by atoms with van der Waals surface area (Å²) in [6.45, 7) is 2.22. The number of carbonyl (C=O) groups excluding carboxylic acids is 1. The summed E-state index contributed by atoms with van der Waals surface area (Å²) in [6, 6.07) is 0. The van der Waals surface area contributed by atoms with Crippen molar-refractivity contribution in [1.82, 2.24) is 0 Å². The molecule has 13 heavy (non-hydrogen) atoms. The van der Waals surface area contributed by atoms with Gasteiger partial charge in [-0.25, -0.2) is 0 Å². The van der Waals surface area contributed by atoms with Gasteiger partial charge >= 0.3 is 11.9 Å². The molecule has 1 heterocycles. The van der Waals surface area contributed by atoms with Crippen LogP contribution in [0.5, 0.6) is 0 Å². The van der Waals surface area contributed by atoms with Gasteiger partial charge in [-0.15, -0.1) is 11.8 Å². The predicted molar refractivity (Wildman–Crippen MR) is 48.7 cm³/mol. The lowest BCUT2D eigenvalue weighted by Crippen LogP contribution is -2.21. The van der Waals surface area contributed by atoms with Crippen molar-refractivity contribution in [2.75, 3.05) is 6.61 Å². The van der Waals surface area contributed by atoms with Crippen molar-refractivity contribution in [3.63, 3.8) is 0 Å². The van der Waals surface area contributed by atoms with E-state index >= 15 is 0 Å². The number of ether oxygens (including phenoxy) is 1. The molecule has 1 aliphatic heterocycles. The number of hydrogen-bond acceptors (Lipinski definition) is 4. The molecule has 1 fully saturated rings. The Morgan fingerprint density at radius 2 is 2.54 bits per heavy atom. The molecule has 4 nitrogen and oxygen atoms in total. The molecule has 0 amide bonds. The molecule has 0 aliphatic carbocycles. The molecule has 1 aliphatic rings. The first-order valence-corrected chi connectivity index (χ1v) is 5.14. The summed E-state index contributed by atoms with van der Waals surface area (Å²) in [4.78, 5) is 21.7. The maximum atomic E-state index is 11.0. The van der Waals surface area contributed by atoms with Crippen LogP contribution in [-0.2, 0) is 14.3 Å². The average Bonchev–Trinajstić information content (AvgIpc) is 2.46. The summed E-state index contributed by atoms with van der Waals surface area (Å²) in [5, 5.41) is 7.98. The molecular weight excluding hydrogens is 192 g/mol. The largest absolute Gasteiger partial charge is 0.480 e. The summed E-state index contributed by atoms with van der Waals surface area (Å²) >= 11 is 1.19. The zero-order chi connectivity index (χ0) is 9.84. The number of carboxylic acid groups (broad SMARTS) is 1. The zero-order valence-corrected chi connectivity index (χ0v) is 8.17. The molecule has 5 heteroatoms. The van der Waals surface area contributed by atoms with Crippen LogP contribution in [0.4, 0.5) is 0 Å². The second kappa shape index (κ2) is 4.50. The third-order valence-corrected chi connectivity index (χ3v) is 3.48. The highest BCUT2D eigenvalue weighted by Crippen LogP contribution is 2.27. The van der Waals surface area contributed by atoms with E-state index in [1.807, 2.05) is 0 Å². The van der Waals surface area contributed by atoms with Crippen LogP contribution >= 0.6 is 11.8 Å². The van der Waals surface area contributed by atoms with Crippen LogP contribution in [0.2, 0.25) is 0 Å². The molecule has 0 aromatic carbocycles.